The predicted molar refractivity (Wildman–Crippen MR) is 65.5 cm³/mol. The van der Waals surface area contributed by atoms with Gasteiger partial charge in [0.1, 0.15) is 0 Å². The number of aliphatic imine (C=N–C) groups is 3. The van der Waals surface area contributed by atoms with E-state index < -0.39 is 6.04 Å². The van der Waals surface area contributed by atoms with Crippen LogP contribution >= 0.6 is 0 Å². The van der Waals surface area contributed by atoms with E-state index in [4.69, 9.17) is 0 Å². The summed E-state index contributed by atoms with van der Waals surface area (Å²) in [5.74, 6) is 0.135. The topological polar surface area (TPSA) is 88.3 Å². The van der Waals surface area contributed by atoms with Crippen molar-refractivity contribution in [2.45, 2.75) is 38.6 Å². The first kappa shape index (κ1) is 16.1. The second kappa shape index (κ2) is 11.6. The smallest absolute Gasteiger partial charge is 0.211 e. The van der Waals surface area contributed by atoms with Crippen LogP contribution < -0.4 is 0 Å². The summed E-state index contributed by atoms with van der Waals surface area (Å²) >= 11 is 0. The lowest BCUT2D eigenvalue weighted by molar-refractivity contribution is 0.404. The van der Waals surface area contributed by atoms with Crippen molar-refractivity contribution >= 4 is 18.2 Å². The summed E-state index contributed by atoms with van der Waals surface area (Å²) in [6.45, 7) is 2.54. The van der Waals surface area contributed by atoms with Gasteiger partial charge >= 0.3 is 0 Å². The molecule has 0 rings (SSSR count). The Kier molecular flexibility index (Phi) is 10.4. The van der Waals surface area contributed by atoms with E-state index in [0.717, 1.165) is 19.3 Å². The van der Waals surface area contributed by atoms with E-state index in [9.17, 15) is 14.4 Å². The molecule has 0 heterocycles. The lowest BCUT2D eigenvalue weighted by Gasteiger charge is -2.16. The number of nitrogens with zero attached hydrogens (tertiary/aromatic N) is 3. The highest BCUT2D eigenvalue weighted by atomic mass is 16.1. The Bertz CT molecular complexity index is 365. The third kappa shape index (κ3) is 8.31. The molecule has 0 aromatic carbocycles. The minimum absolute atomic E-state index is 0.117. The van der Waals surface area contributed by atoms with Crippen molar-refractivity contribution in [2.24, 2.45) is 20.9 Å². The minimum atomic E-state index is -0.396. The number of unbranched alkanes of at least 4 members (excludes halogenated alkanes) is 1. The van der Waals surface area contributed by atoms with Crippen LogP contribution in [0.3, 0.4) is 0 Å². The number of carbonyl (C=O) groups excluding carboxylic acids is 3. The maximum atomic E-state index is 10.3. The average molecular weight is 251 g/mol. The van der Waals surface area contributed by atoms with E-state index >= 15 is 0 Å². The highest BCUT2D eigenvalue weighted by Gasteiger charge is 2.15. The standard InChI is InChI=1S/C12H17N3O3/c1-2-3-4-11(6-13-8-16)5-12(15-10-18)7-14-9-17/h11-12H,2-7H2,1H3. The van der Waals surface area contributed by atoms with Crippen LogP contribution in [0, 0.1) is 5.92 Å². The molecule has 2 atom stereocenters. The van der Waals surface area contributed by atoms with Gasteiger partial charge in [-0.2, -0.15) is 0 Å². The van der Waals surface area contributed by atoms with Crippen molar-refractivity contribution in [1.29, 1.82) is 0 Å². The fourth-order valence-corrected chi connectivity index (χ4v) is 1.71. The summed E-state index contributed by atoms with van der Waals surface area (Å²) in [5, 5.41) is 0. The molecule has 0 aliphatic carbocycles. The molecule has 0 spiro atoms. The van der Waals surface area contributed by atoms with Crippen molar-refractivity contribution in [3.8, 4) is 0 Å². The van der Waals surface area contributed by atoms with Crippen LogP contribution in [0.15, 0.2) is 15.0 Å². The Morgan fingerprint density at radius 1 is 1.00 bits per heavy atom. The Morgan fingerprint density at radius 2 is 1.67 bits per heavy atom. The van der Waals surface area contributed by atoms with Gasteiger partial charge in [0.15, 0.2) is 0 Å². The number of rotatable bonds is 10. The van der Waals surface area contributed by atoms with Crippen molar-refractivity contribution in [1.82, 2.24) is 0 Å². The lowest BCUT2D eigenvalue weighted by Crippen LogP contribution is -2.17. The number of hydrogen-bond donors (Lipinski definition) is 0. The van der Waals surface area contributed by atoms with E-state index in [1.807, 2.05) is 0 Å². The Morgan fingerprint density at radius 3 is 2.22 bits per heavy atom. The van der Waals surface area contributed by atoms with Gasteiger partial charge in [0.05, 0.1) is 19.1 Å². The molecule has 0 aliphatic rings. The molecule has 0 saturated carbocycles. The van der Waals surface area contributed by atoms with Gasteiger partial charge in [-0.3, -0.25) is 0 Å². The van der Waals surface area contributed by atoms with Gasteiger partial charge < -0.3 is 0 Å². The molecular formula is C12H17N3O3. The lowest BCUT2D eigenvalue weighted by atomic mass is 9.94. The first-order valence-corrected chi connectivity index (χ1v) is 5.92. The van der Waals surface area contributed by atoms with E-state index in [1.54, 1.807) is 0 Å². The first-order chi connectivity index (χ1) is 8.78. The zero-order valence-electron chi connectivity index (χ0n) is 10.5. The van der Waals surface area contributed by atoms with E-state index in [1.165, 1.54) is 18.2 Å². The molecule has 0 fully saturated rings. The van der Waals surface area contributed by atoms with Gasteiger partial charge in [-0.1, -0.05) is 19.8 Å². The van der Waals surface area contributed by atoms with E-state index in [-0.39, 0.29) is 12.5 Å². The maximum absolute atomic E-state index is 10.3. The highest BCUT2D eigenvalue weighted by molar-refractivity contribution is 5.35. The summed E-state index contributed by atoms with van der Waals surface area (Å²) in [4.78, 5) is 41.0. The second-order valence-electron chi connectivity index (χ2n) is 3.98. The summed E-state index contributed by atoms with van der Waals surface area (Å²) in [5.41, 5.74) is 0. The van der Waals surface area contributed by atoms with Gasteiger partial charge in [-0.25, -0.2) is 29.4 Å². The third-order valence-corrected chi connectivity index (χ3v) is 2.59. The minimum Gasteiger partial charge on any atom is -0.211 e. The predicted octanol–water partition coefficient (Wildman–Crippen LogP) is 1.56. The summed E-state index contributed by atoms with van der Waals surface area (Å²) in [6, 6.07) is -0.396. The largest absolute Gasteiger partial charge is 0.235 e. The van der Waals surface area contributed by atoms with Gasteiger partial charge in [-0.05, 0) is 18.8 Å². The SMILES string of the molecule is CCCCC(CN=C=O)CC(CN=C=O)N=C=O. The fraction of sp³-hybridized carbons (Fsp3) is 0.750. The van der Waals surface area contributed by atoms with Crippen LogP contribution in [0.25, 0.3) is 0 Å². The van der Waals surface area contributed by atoms with E-state index in [0.29, 0.717) is 13.0 Å². The molecular weight excluding hydrogens is 234 g/mol. The Hall–Kier alpha value is -1.86. The molecule has 0 N–H and O–H groups in total. The van der Waals surface area contributed by atoms with Crippen molar-refractivity contribution in [3.63, 3.8) is 0 Å². The molecule has 0 amide bonds. The fourth-order valence-electron chi connectivity index (χ4n) is 1.71. The van der Waals surface area contributed by atoms with Crippen LogP contribution in [-0.2, 0) is 14.4 Å². The normalized spacial score (nSPS) is 12.5. The summed E-state index contributed by atoms with van der Waals surface area (Å²) in [7, 11) is 0. The molecule has 0 bridgehead atoms. The molecule has 98 valence electrons. The molecule has 0 aliphatic heterocycles. The van der Waals surface area contributed by atoms with E-state index in [2.05, 4.69) is 21.9 Å². The molecule has 6 nitrogen and oxygen atoms in total. The average Bonchev–Trinajstić information content (AvgIpc) is 2.39. The Labute approximate surface area is 106 Å². The zero-order chi connectivity index (χ0) is 13.6. The molecule has 6 heteroatoms. The van der Waals surface area contributed by atoms with Gasteiger partial charge in [0.25, 0.3) is 0 Å². The van der Waals surface area contributed by atoms with Gasteiger partial charge in [0, 0.05) is 0 Å². The van der Waals surface area contributed by atoms with Gasteiger partial charge in [0.2, 0.25) is 18.2 Å². The second-order valence-corrected chi connectivity index (χ2v) is 3.98. The van der Waals surface area contributed by atoms with Crippen LogP contribution in [0.4, 0.5) is 0 Å². The van der Waals surface area contributed by atoms with Crippen LogP contribution in [0.1, 0.15) is 32.6 Å². The monoisotopic (exact) mass is 251 g/mol. The molecule has 0 aromatic heterocycles. The van der Waals surface area contributed by atoms with Crippen molar-refractivity contribution in [2.75, 3.05) is 13.1 Å². The maximum Gasteiger partial charge on any atom is 0.235 e. The van der Waals surface area contributed by atoms with Crippen LogP contribution in [-0.4, -0.2) is 37.4 Å². The molecule has 2 unspecified atom stereocenters. The quantitative estimate of drug-likeness (QED) is 0.436. The molecule has 0 saturated heterocycles. The molecule has 0 radical (unpaired) electrons. The number of isocyanates is 3. The van der Waals surface area contributed by atoms with Crippen molar-refractivity contribution in [3.05, 3.63) is 0 Å². The van der Waals surface area contributed by atoms with Crippen molar-refractivity contribution < 1.29 is 14.4 Å². The summed E-state index contributed by atoms with van der Waals surface area (Å²) < 4.78 is 0. The van der Waals surface area contributed by atoms with Crippen LogP contribution in [0.2, 0.25) is 0 Å². The first-order valence-electron chi connectivity index (χ1n) is 5.92. The van der Waals surface area contributed by atoms with Crippen LogP contribution in [0.5, 0.6) is 0 Å². The zero-order valence-corrected chi connectivity index (χ0v) is 10.5. The summed E-state index contributed by atoms with van der Waals surface area (Å²) in [6.07, 6.45) is 7.87. The number of hydrogen-bond acceptors (Lipinski definition) is 6. The van der Waals surface area contributed by atoms with Gasteiger partial charge in [-0.15, -0.1) is 0 Å². The Balaban J connectivity index is 4.49. The highest BCUT2D eigenvalue weighted by Crippen LogP contribution is 2.17. The third-order valence-electron chi connectivity index (χ3n) is 2.59. The molecule has 18 heavy (non-hydrogen) atoms. The molecule has 0 aromatic rings.